The third-order valence-corrected chi connectivity index (χ3v) is 4.47. The highest BCUT2D eigenvalue weighted by Crippen LogP contribution is 2.17. The molecule has 1 saturated heterocycles. The van der Waals surface area contributed by atoms with Crippen molar-refractivity contribution in [2.24, 2.45) is 0 Å². The number of hydrogen-bond acceptors (Lipinski definition) is 6. The third kappa shape index (κ3) is 3.36. The summed E-state index contributed by atoms with van der Waals surface area (Å²) in [6, 6.07) is 7.24. The van der Waals surface area contributed by atoms with Gasteiger partial charge in [-0.05, 0) is 24.3 Å². The Balaban J connectivity index is 1.39. The molecule has 0 saturated carbocycles. The average Bonchev–Trinajstić information content (AvgIpc) is 3.23. The molecule has 26 heavy (non-hydrogen) atoms. The summed E-state index contributed by atoms with van der Waals surface area (Å²) in [5.74, 6) is 1.48. The maximum Gasteiger partial charge on any atom is 0.255 e. The average molecular weight is 370 g/mol. The van der Waals surface area contributed by atoms with E-state index in [1.807, 2.05) is 17.0 Å². The second-order valence-electron chi connectivity index (χ2n) is 5.86. The maximum atomic E-state index is 12.7. The summed E-state index contributed by atoms with van der Waals surface area (Å²) in [6.45, 7) is 2.72. The fourth-order valence-electron chi connectivity index (χ4n) is 2.85. The van der Waals surface area contributed by atoms with Crippen molar-refractivity contribution in [2.45, 2.75) is 0 Å². The standard InChI is InChI=1S/C17H16ClN7O/c18-14-2-4-15(21-10-14)23-5-7-24(8-6-23)17(26)13-1-3-16(20-9-13)25-12-19-11-22-25/h1-4,9-12H,5-8H2. The second kappa shape index (κ2) is 7.09. The zero-order valence-electron chi connectivity index (χ0n) is 13.9. The highest BCUT2D eigenvalue weighted by Gasteiger charge is 2.23. The lowest BCUT2D eigenvalue weighted by Gasteiger charge is -2.35. The highest BCUT2D eigenvalue weighted by atomic mass is 35.5. The summed E-state index contributed by atoms with van der Waals surface area (Å²) >= 11 is 5.88. The number of carbonyl (C=O) groups excluding carboxylic acids is 1. The van der Waals surface area contributed by atoms with Crippen LogP contribution in [0.3, 0.4) is 0 Å². The molecule has 0 atom stereocenters. The van der Waals surface area contributed by atoms with Gasteiger partial charge in [-0.3, -0.25) is 4.79 Å². The molecule has 132 valence electrons. The summed E-state index contributed by atoms with van der Waals surface area (Å²) < 4.78 is 1.55. The molecule has 0 aliphatic carbocycles. The number of halogens is 1. The molecule has 0 unspecified atom stereocenters. The smallest absolute Gasteiger partial charge is 0.255 e. The summed E-state index contributed by atoms with van der Waals surface area (Å²) in [4.78, 5) is 29.2. The van der Waals surface area contributed by atoms with Crippen molar-refractivity contribution in [3.63, 3.8) is 0 Å². The molecule has 1 aliphatic rings. The van der Waals surface area contributed by atoms with Crippen LogP contribution in [0, 0.1) is 0 Å². The van der Waals surface area contributed by atoms with Crippen molar-refractivity contribution in [3.8, 4) is 5.82 Å². The number of anilines is 1. The first-order valence-corrected chi connectivity index (χ1v) is 8.55. The number of rotatable bonds is 3. The van der Waals surface area contributed by atoms with E-state index in [1.165, 1.54) is 6.33 Å². The van der Waals surface area contributed by atoms with Gasteiger partial charge in [-0.1, -0.05) is 11.6 Å². The molecule has 0 N–H and O–H groups in total. The molecule has 9 heteroatoms. The van der Waals surface area contributed by atoms with Crippen molar-refractivity contribution in [1.82, 2.24) is 29.6 Å². The predicted octanol–water partition coefficient (Wildman–Crippen LogP) is 1.67. The van der Waals surface area contributed by atoms with Gasteiger partial charge in [-0.15, -0.1) is 0 Å². The van der Waals surface area contributed by atoms with Gasteiger partial charge in [-0.2, -0.15) is 5.10 Å². The first-order chi connectivity index (χ1) is 12.7. The summed E-state index contributed by atoms with van der Waals surface area (Å²) in [6.07, 6.45) is 6.22. The fraction of sp³-hybridized carbons (Fsp3) is 0.235. The molecule has 0 aromatic carbocycles. The van der Waals surface area contributed by atoms with E-state index >= 15 is 0 Å². The van der Waals surface area contributed by atoms with Gasteiger partial charge in [0.2, 0.25) is 0 Å². The summed E-state index contributed by atoms with van der Waals surface area (Å²) in [5, 5.41) is 4.64. The Hall–Kier alpha value is -3.00. The van der Waals surface area contributed by atoms with Gasteiger partial charge in [0.05, 0.1) is 10.6 Å². The van der Waals surface area contributed by atoms with Crippen LogP contribution >= 0.6 is 11.6 Å². The highest BCUT2D eigenvalue weighted by molar-refractivity contribution is 6.30. The monoisotopic (exact) mass is 369 g/mol. The largest absolute Gasteiger partial charge is 0.353 e. The number of nitrogens with zero attached hydrogens (tertiary/aromatic N) is 7. The molecule has 0 spiro atoms. The molecule has 3 aromatic heterocycles. The molecule has 4 rings (SSSR count). The maximum absolute atomic E-state index is 12.7. The Morgan fingerprint density at radius 3 is 2.35 bits per heavy atom. The number of amides is 1. The molecule has 3 aromatic rings. The van der Waals surface area contributed by atoms with Crippen molar-refractivity contribution in [2.75, 3.05) is 31.1 Å². The van der Waals surface area contributed by atoms with Crippen molar-refractivity contribution >= 4 is 23.3 Å². The first kappa shape index (κ1) is 16.5. The number of pyridine rings is 2. The first-order valence-electron chi connectivity index (χ1n) is 8.17. The SMILES string of the molecule is O=C(c1ccc(-n2cncn2)nc1)N1CCN(c2ccc(Cl)cn2)CC1. The second-order valence-corrected chi connectivity index (χ2v) is 6.30. The normalized spacial score (nSPS) is 14.5. The number of aromatic nitrogens is 5. The molecule has 1 amide bonds. The van der Waals surface area contributed by atoms with Gasteiger partial charge in [0.1, 0.15) is 18.5 Å². The zero-order valence-corrected chi connectivity index (χ0v) is 14.6. The van der Waals surface area contributed by atoms with Crippen LogP contribution in [-0.2, 0) is 0 Å². The van der Waals surface area contributed by atoms with Gasteiger partial charge in [0.15, 0.2) is 5.82 Å². The molecule has 1 aliphatic heterocycles. The van der Waals surface area contributed by atoms with Crippen LogP contribution in [0.25, 0.3) is 5.82 Å². The van der Waals surface area contributed by atoms with Crippen LogP contribution in [0.15, 0.2) is 49.3 Å². The number of carbonyl (C=O) groups is 1. The van der Waals surface area contributed by atoms with Crippen LogP contribution < -0.4 is 4.90 Å². The van der Waals surface area contributed by atoms with E-state index in [9.17, 15) is 4.79 Å². The minimum Gasteiger partial charge on any atom is -0.353 e. The minimum absolute atomic E-state index is 0.0219. The Kier molecular flexibility index (Phi) is 4.49. The fourth-order valence-corrected chi connectivity index (χ4v) is 2.96. The van der Waals surface area contributed by atoms with Crippen LogP contribution in [0.1, 0.15) is 10.4 Å². The van der Waals surface area contributed by atoms with Crippen molar-refractivity contribution < 1.29 is 4.79 Å². The van der Waals surface area contributed by atoms with Crippen LogP contribution in [0.4, 0.5) is 5.82 Å². The lowest BCUT2D eigenvalue weighted by atomic mass is 10.2. The van der Waals surface area contributed by atoms with Crippen LogP contribution in [0.5, 0.6) is 0 Å². The summed E-state index contributed by atoms with van der Waals surface area (Å²) in [5.41, 5.74) is 0.562. The molecular weight excluding hydrogens is 354 g/mol. The molecule has 8 nitrogen and oxygen atoms in total. The lowest BCUT2D eigenvalue weighted by molar-refractivity contribution is 0.0746. The van der Waals surface area contributed by atoms with Gasteiger partial charge >= 0.3 is 0 Å². The topological polar surface area (TPSA) is 80.0 Å². The van der Waals surface area contributed by atoms with Gasteiger partial charge in [-0.25, -0.2) is 19.6 Å². The lowest BCUT2D eigenvalue weighted by Crippen LogP contribution is -2.49. The Bertz CT molecular complexity index is 872. The van der Waals surface area contributed by atoms with Crippen LogP contribution in [0.2, 0.25) is 5.02 Å². The van der Waals surface area contributed by atoms with Crippen molar-refractivity contribution in [1.29, 1.82) is 0 Å². The van der Waals surface area contributed by atoms with E-state index in [0.29, 0.717) is 29.5 Å². The number of piperazine rings is 1. The third-order valence-electron chi connectivity index (χ3n) is 4.25. The predicted molar refractivity (Wildman–Crippen MR) is 96.5 cm³/mol. The van der Waals surface area contributed by atoms with E-state index in [-0.39, 0.29) is 5.91 Å². The quantitative estimate of drug-likeness (QED) is 0.698. The van der Waals surface area contributed by atoms with E-state index in [1.54, 1.807) is 35.5 Å². The zero-order chi connectivity index (χ0) is 17.9. The van der Waals surface area contributed by atoms with E-state index in [2.05, 4.69) is 25.0 Å². The van der Waals surface area contributed by atoms with E-state index in [4.69, 9.17) is 11.6 Å². The van der Waals surface area contributed by atoms with Gasteiger partial charge in [0.25, 0.3) is 5.91 Å². The summed E-state index contributed by atoms with van der Waals surface area (Å²) in [7, 11) is 0. The minimum atomic E-state index is -0.0219. The van der Waals surface area contributed by atoms with E-state index < -0.39 is 0 Å². The molecular formula is C17H16ClN7O. The van der Waals surface area contributed by atoms with Crippen molar-refractivity contribution in [3.05, 3.63) is 59.9 Å². The van der Waals surface area contributed by atoms with Gasteiger partial charge in [0, 0.05) is 38.6 Å². The van der Waals surface area contributed by atoms with Gasteiger partial charge < -0.3 is 9.80 Å². The van der Waals surface area contributed by atoms with Crippen LogP contribution in [-0.4, -0.2) is 61.7 Å². The van der Waals surface area contributed by atoms with E-state index in [0.717, 1.165) is 18.9 Å². The molecule has 0 radical (unpaired) electrons. The molecule has 1 fully saturated rings. The number of hydrogen-bond donors (Lipinski definition) is 0. The Labute approximate surface area is 155 Å². The molecule has 4 heterocycles. The Morgan fingerprint density at radius 1 is 0.962 bits per heavy atom. The Morgan fingerprint density at radius 2 is 1.73 bits per heavy atom. The molecule has 0 bridgehead atoms.